The Labute approximate surface area is 217 Å². The number of likely N-dealkylation sites (N-methyl/N-ethyl adjacent to an activating group) is 1. The highest BCUT2D eigenvalue weighted by Gasteiger charge is 2.33. The van der Waals surface area contributed by atoms with Crippen LogP contribution in [0.2, 0.25) is 0 Å². The molecule has 4 aromatic rings. The van der Waals surface area contributed by atoms with Gasteiger partial charge in [-0.3, -0.25) is 9.36 Å². The summed E-state index contributed by atoms with van der Waals surface area (Å²) in [4.78, 5) is 20.7. The van der Waals surface area contributed by atoms with E-state index in [4.69, 9.17) is 9.72 Å². The molecule has 9 heteroatoms. The van der Waals surface area contributed by atoms with Gasteiger partial charge in [0.15, 0.2) is 0 Å². The van der Waals surface area contributed by atoms with Gasteiger partial charge >= 0.3 is 0 Å². The minimum Gasteiger partial charge on any atom is -0.497 e. The van der Waals surface area contributed by atoms with Gasteiger partial charge in [-0.25, -0.2) is 13.4 Å². The molecular weight excluding hydrogens is 488 g/mol. The molecule has 0 aliphatic rings. The van der Waals surface area contributed by atoms with Crippen molar-refractivity contribution in [2.75, 3.05) is 34.3 Å². The van der Waals surface area contributed by atoms with Crippen LogP contribution in [0.1, 0.15) is 24.4 Å². The first kappa shape index (κ1) is 26.5. The van der Waals surface area contributed by atoms with E-state index in [-0.39, 0.29) is 17.0 Å². The van der Waals surface area contributed by atoms with Crippen LogP contribution in [0.15, 0.2) is 82.5 Å². The summed E-state index contributed by atoms with van der Waals surface area (Å²) < 4.78 is 36.1. The Morgan fingerprint density at radius 1 is 0.946 bits per heavy atom. The molecule has 0 aliphatic carbocycles. The second-order valence-corrected chi connectivity index (χ2v) is 11.1. The van der Waals surface area contributed by atoms with E-state index in [9.17, 15) is 13.2 Å². The lowest BCUT2D eigenvalue weighted by molar-refractivity contribution is 0.284. The second-order valence-electron chi connectivity index (χ2n) is 9.23. The topological polar surface area (TPSA) is 84.7 Å². The van der Waals surface area contributed by atoms with Crippen molar-refractivity contribution in [3.8, 4) is 11.4 Å². The molecule has 0 saturated heterocycles. The van der Waals surface area contributed by atoms with Gasteiger partial charge in [-0.05, 0) is 76.5 Å². The van der Waals surface area contributed by atoms with Gasteiger partial charge in [0.05, 0.1) is 34.6 Å². The summed E-state index contributed by atoms with van der Waals surface area (Å²) in [5, 5.41) is 0.454. The van der Waals surface area contributed by atoms with Crippen LogP contribution in [0.4, 0.5) is 0 Å². The number of sulfonamides is 1. The number of rotatable bonds is 9. The molecule has 1 atom stereocenters. The smallest absolute Gasteiger partial charge is 0.266 e. The molecule has 0 bridgehead atoms. The van der Waals surface area contributed by atoms with Crippen LogP contribution < -0.4 is 10.3 Å². The fourth-order valence-electron chi connectivity index (χ4n) is 4.21. The van der Waals surface area contributed by atoms with Crippen LogP contribution in [0.25, 0.3) is 16.6 Å². The van der Waals surface area contributed by atoms with E-state index >= 15 is 0 Å². The van der Waals surface area contributed by atoms with Gasteiger partial charge in [0.25, 0.3) is 5.56 Å². The second kappa shape index (κ2) is 10.8. The van der Waals surface area contributed by atoms with E-state index in [0.717, 1.165) is 5.56 Å². The Morgan fingerprint density at radius 2 is 1.59 bits per heavy atom. The average Bonchev–Trinajstić information content (AvgIpc) is 2.88. The zero-order valence-electron chi connectivity index (χ0n) is 21.7. The van der Waals surface area contributed by atoms with Crippen molar-refractivity contribution in [3.05, 3.63) is 94.5 Å². The van der Waals surface area contributed by atoms with E-state index in [1.165, 1.54) is 8.87 Å². The maximum absolute atomic E-state index is 13.9. The van der Waals surface area contributed by atoms with Crippen LogP contribution in [-0.2, 0) is 10.0 Å². The van der Waals surface area contributed by atoms with Gasteiger partial charge < -0.3 is 9.64 Å². The van der Waals surface area contributed by atoms with Gasteiger partial charge in [-0.15, -0.1) is 0 Å². The number of benzene rings is 3. The Kier molecular flexibility index (Phi) is 7.77. The standard InChI is InChI=1S/C28H32N4O4S/c1-20-10-16-24(17-11-20)37(34,35)31(19-18-30(3)4)21(2)27-29-26-9-7-6-8-25(26)28(33)32(27)22-12-14-23(36-5)15-13-22/h6-17,21H,18-19H2,1-5H3. The first-order valence-electron chi connectivity index (χ1n) is 12.0. The fourth-order valence-corrected chi connectivity index (χ4v) is 5.79. The molecule has 1 aromatic heterocycles. The summed E-state index contributed by atoms with van der Waals surface area (Å²) in [5.74, 6) is 0.984. The normalized spacial score (nSPS) is 12.8. The summed E-state index contributed by atoms with van der Waals surface area (Å²) in [6, 6.07) is 20.2. The van der Waals surface area contributed by atoms with Crippen LogP contribution in [-0.4, -0.2) is 61.5 Å². The number of methoxy groups -OCH3 is 1. The number of aromatic nitrogens is 2. The van der Waals surface area contributed by atoms with E-state index in [0.29, 0.717) is 34.7 Å². The molecule has 8 nitrogen and oxygen atoms in total. The van der Waals surface area contributed by atoms with Gasteiger partial charge in [-0.1, -0.05) is 29.8 Å². The Balaban J connectivity index is 1.93. The molecule has 4 rings (SSSR count). The van der Waals surface area contributed by atoms with Crippen molar-refractivity contribution >= 4 is 20.9 Å². The summed E-state index contributed by atoms with van der Waals surface area (Å²) in [7, 11) is 1.45. The molecule has 0 fully saturated rings. The van der Waals surface area contributed by atoms with E-state index < -0.39 is 16.1 Å². The Morgan fingerprint density at radius 3 is 2.22 bits per heavy atom. The van der Waals surface area contributed by atoms with E-state index in [2.05, 4.69) is 0 Å². The average molecular weight is 521 g/mol. The molecular formula is C28H32N4O4S. The maximum atomic E-state index is 13.9. The molecule has 3 aromatic carbocycles. The molecule has 0 saturated carbocycles. The first-order chi connectivity index (χ1) is 17.6. The van der Waals surface area contributed by atoms with Gasteiger partial charge in [0, 0.05) is 13.1 Å². The van der Waals surface area contributed by atoms with Crippen LogP contribution in [0.5, 0.6) is 5.75 Å². The third-order valence-corrected chi connectivity index (χ3v) is 8.32. The van der Waals surface area contributed by atoms with E-state index in [1.54, 1.807) is 80.8 Å². The summed E-state index contributed by atoms with van der Waals surface area (Å²) in [6.07, 6.45) is 0. The molecule has 0 aliphatic heterocycles. The number of ether oxygens (including phenoxy) is 1. The predicted molar refractivity (Wildman–Crippen MR) is 146 cm³/mol. The highest BCUT2D eigenvalue weighted by Crippen LogP contribution is 2.29. The quantitative estimate of drug-likeness (QED) is 0.332. The van der Waals surface area contributed by atoms with Crippen molar-refractivity contribution < 1.29 is 13.2 Å². The van der Waals surface area contributed by atoms with Crippen molar-refractivity contribution in [2.45, 2.75) is 24.8 Å². The lowest BCUT2D eigenvalue weighted by Gasteiger charge is -2.30. The third kappa shape index (κ3) is 5.44. The number of fused-ring (bicyclic) bond motifs is 1. The minimum absolute atomic E-state index is 0.197. The Bertz CT molecular complexity index is 1550. The largest absolute Gasteiger partial charge is 0.497 e. The van der Waals surface area contributed by atoms with Gasteiger partial charge in [0.1, 0.15) is 11.6 Å². The molecule has 0 spiro atoms. The number of para-hydroxylation sites is 1. The van der Waals surface area contributed by atoms with E-state index in [1.807, 2.05) is 32.0 Å². The van der Waals surface area contributed by atoms with Crippen LogP contribution >= 0.6 is 0 Å². The lowest BCUT2D eigenvalue weighted by Crippen LogP contribution is -2.40. The Hall–Kier alpha value is -3.53. The zero-order valence-corrected chi connectivity index (χ0v) is 22.6. The summed E-state index contributed by atoms with van der Waals surface area (Å²) in [6.45, 7) is 4.40. The molecule has 37 heavy (non-hydrogen) atoms. The molecule has 1 heterocycles. The molecule has 0 amide bonds. The van der Waals surface area contributed by atoms with Crippen molar-refractivity contribution in [3.63, 3.8) is 0 Å². The number of aryl methyl sites for hydroxylation is 1. The SMILES string of the molecule is COc1ccc(-n2c(C(C)N(CCN(C)C)S(=O)(=O)c3ccc(C)cc3)nc3ccccc3c2=O)cc1. The molecule has 194 valence electrons. The summed E-state index contributed by atoms with van der Waals surface area (Å²) in [5.41, 5.74) is 1.79. The first-order valence-corrected chi connectivity index (χ1v) is 13.5. The van der Waals surface area contributed by atoms with Gasteiger partial charge in [0.2, 0.25) is 10.0 Å². The predicted octanol–water partition coefficient (Wildman–Crippen LogP) is 4.02. The maximum Gasteiger partial charge on any atom is 0.266 e. The molecule has 1 unspecified atom stereocenters. The third-order valence-electron chi connectivity index (χ3n) is 6.33. The highest BCUT2D eigenvalue weighted by molar-refractivity contribution is 7.89. The number of hydrogen-bond donors (Lipinski definition) is 0. The minimum atomic E-state index is -3.91. The van der Waals surface area contributed by atoms with Crippen LogP contribution in [0.3, 0.4) is 0 Å². The van der Waals surface area contributed by atoms with Crippen molar-refractivity contribution in [2.24, 2.45) is 0 Å². The van der Waals surface area contributed by atoms with Crippen molar-refractivity contribution in [1.82, 2.24) is 18.8 Å². The summed E-state index contributed by atoms with van der Waals surface area (Å²) >= 11 is 0. The number of hydrogen-bond acceptors (Lipinski definition) is 6. The van der Waals surface area contributed by atoms with Crippen LogP contribution in [0, 0.1) is 6.92 Å². The lowest BCUT2D eigenvalue weighted by atomic mass is 10.2. The zero-order chi connectivity index (χ0) is 26.7. The highest BCUT2D eigenvalue weighted by atomic mass is 32.2. The fraction of sp³-hybridized carbons (Fsp3) is 0.286. The monoisotopic (exact) mass is 520 g/mol. The van der Waals surface area contributed by atoms with Crippen molar-refractivity contribution in [1.29, 1.82) is 0 Å². The molecule has 0 radical (unpaired) electrons. The number of nitrogens with zero attached hydrogens (tertiary/aromatic N) is 4. The van der Waals surface area contributed by atoms with Gasteiger partial charge in [-0.2, -0.15) is 4.31 Å². The molecule has 0 N–H and O–H groups in total.